The van der Waals surface area contributed by atoms with Crippen LogP contribution in [-0.4, -0.2) is 49.7 Å². The van der Waals surface area contributed by atoms with Crippen LogP contribution in [-0.2, 0) is 19.0 Å². The molecule has 5 nitrogen and oxygen atoms in total. The predicted octanol–water partition coefficient (Wildman–Crippen LogP) is 4.04. The van der Waals surface area contributed by atoms with Crippen LogP contribution in [0.3, 0.4) is 0 Å². The molecule has 0 radical (unpaired) electrons. The summed E-state index contributed by atoms with van der Waals surface area (Å²) >= 11 is 0. The van der Waals surface area contributed by atoms with Crippen LogP contribution in [0.1, 0.15) is 71.1 Å². The smallest absolute Gasteiger partial charge is 0.303 e. The number of carboxylic acids is 1. The van der Waals surface area contributed by atoms with Gasteiger partial charge in [-0.25, -0.2) is 0 Å². The molecule has 2 fully saturated rings. The maximum atomic E-state index is 10.5. The first kappa shape index (κ1) is 20.7. The maximum Gasteiger partial charge on any atom is 0.303 e. The highest BCUT2D eigenvalue weighted by Gasteiger charge is 2.48. The van der Waals surface area contributed by atoms with E-state index in [1.54, 1.807) is 0 Å². The molecular formula is C20H36O5. The van der Waals surface area contributed by atoms with Crippen LogP contribution in [0.5, 0.6) is 0 Å². The predicted molar refractivity (Wildman–Crippen MR) is 96.8 cm³/mol. The van der Waals surface area contributed by atoms with Gasteiger partial charge in [0.1, 0.15) is 0 Å². The topological polar surface area (TPSA) is 65.0 Å². The lowest BCUT2D eigenvalue weighted by Crippen LogP contribution is -2.31. The Labute approximate surface area is 152 Å². The molecule has 2 aliphatic heterocycles. The van der Waals surface area contributed by atoms with Crippen LogP contribution < -0.4 is 0 Å². The molecule has 2 bridgehead atoms. The summed E-state index contributed by atoms with van der Waals surface area (Å²) in [6, 6.07) is 0. The van der Waals surface area contributed by atoms with Gasteiger partial charge in [0.15, 0.2) is 0 Å². The number of hydrogen-bond donors (Lipinski definition) is 1. The molecule has 0 aromatic rings. The van der Waals surface area contributed by atoms with E-state index < -0.39 is 5.97 Å². The fourth-order valence-corrected chi connectivity index (χ4v) is 4.15. The molecule has 0 saturated carbocycles. The van der Waals surface area contributed by atoms with Gasteiger partial charge in [-0.2, -0.15) is 0 Å². The van der Waals surface area contributed by atoms with Crippen molar-refractivity contribution in [3.63, 3.8) is 0 Å². The molecule has 1 N–H and O–H groups in total. The first-order chi connectivity index (χ1) is 12.2. The number of rotatable bonds is 15. The lowest BCUT2D eigenvalue weighted by atomic mass is 9.78. The van der Waals surface area contributed by atoms with E-state index in [2.05, 4.69) is 6.92 Å². The minimum absolute atomic E-state index is 0.235. The van der Waals surface area contributed by atoms with Crippen LogP contribution in [0, 0.1) is 11.8 Å². The summed E-state index contributed by atoms with van der Waals surface area (Å²) in [5.74, 6) is 0.326. The van der Waals surface area contributed by atoms with E-state index in [0.717, 1.165) is 39.1 Å². The third kappa shape index (κ3) is 7.24. The van der Waals surface area contributed by atoms with Gasteiger partial charge < -0.3 is 19.3 Å². The second-order valence-electron chi connectivity index (χ2n) is 7.51. The molecule has 2 aliphatic rings. The zero-order chi connectivity index (χ0) is 17.9. The molecule has 0 unspecified atom stereocenters. The molecule has 0 spiro atoms. The summed E-state index contributed by atoms with van der Waals surface area (Å²) in [5.41, 5.74) is 0. The fraction of sp³-hybridized carbons (Fsp3) is 0.950. The number of carbonyl (C=O) groups is 1. The average Bonchev–Trinajstić information content (AvgIpc) is 3.19. The molecule has 2 saturated heterocycles. The van der Waals surface area contributed by atoms with Crippen molar-refractivity contribution >= 4 is 5.97 Å². The normalized spacial score (nSPS) is 27.9. The highest BCUT2D eigenvalue weighted by atomic mass is 16.5. The number of fused-ring (bicyclic) bond motifs is 2. The number of ether oxygens (including phenoxy) is 3. The number of hydrogen-bond acceptors (Lipinski definition) is 4. The van der Waals surface area contributed by atoms with Crippen molar-refractivity contribution < 1.29 is 24.1 Å². The van der Waals surface area contributed by atoms with Gasteiger partial charge in [0.05, 0.1) is 18.8 Å². The molecule has 2 rings (SSSR count). The lowest BCUT2D eigenvalue weighted by molar-refractivity contribution is -0.137. The van der Waals surface area contributed by atoms with Crippen LogP contribution in [0.25, 0.3) is 0 Å². The number of unbranched alkanes of at least 4 members (excludes halogenated alkanes) is 4. The van der Waals surface area contributed by atoms with Gasteiger partial charge in [-0.15, -0.1) is 0 Å². The second-order valence-corrected chi connectivity index (χ2v) is 7.51. The lowest BCUT2D eigenvalue weighted by Gasteiger charge is -2.27. The molecule has 5 heteroatoms. The fourth-order valence-electron chi connectivity index (χ4n) is 4.15. The van der Waals surface area contributed by atoms with E-state index in [1.807, 2.05) is 0 Å². The van der Waals surface area contributed by atoms with Crippen molar-refractivity contribution in [3.8, 4) is 0 Å². The Morgan fingerprint density at radius 3 is 2.44 bits per heavy atom. The summed E-state index contributed by atoms with van der Waals surface area (Å²) in [4.78, 5) is 10.5. The first-order valence-corrected chi connectivity index (χ1v) is 10.2. The molecule has 146 valence electrons. The molecule has 0 amide bonds. The Hall–Kier alpha value is -0.650. The van der Waals surface area contributed by atoms with Gasteiger partial charge in [0, 0.05) is 32.2 Å². The SMILES string of the molecule is CCCCCCOCC[C@@H]1[C@H](COCCCCC(=O)O)[C@@H]2CC[C@H]1O2. The van der Waals surface area contributed by atoms with Crippen molar-refractivity contribution in [2.45, 2.75) is 83.3 Å². The van der Waals surface area contributed by atoms with Gasteiger partial charge >= 0.3 is 5.97 Å². The van der Waals surface area contributed by atoms with Gasteiger partial charge in [0.25, 0.3) is 0 Å². The van der Waals surface area contributed by atoms with E-state index in [0.29, 0.717) is 37.1 Å². The molecule has 0 aliphatic carbocycles. The van der Waals surface area contributed by atoms with Gasteiger partial charge in [-0.05, 0) is 44.4 Å². The number of aliphatic carboxylic acids is 1. The quantitative estimate of drug-likeness (QED) is 0.449. The molecule has 25 heavy (non-hydrogen) atoms. The summed E-state index contributed by atoms with van der Waals surface area (Å²) in [6.07, 6.45) is 10.9. The van der Waals surface area contributed by atoms with E-state index in [4.69, 9.17) is 19.3 Å². The van der Waals surface area contributed by atoms with Crippen molar-refractivity contribution in [1.29, 1.82) is 0 Å². The Bertz CT molecular complexity index is 373. The Balaban J connectivity index is 1.57. The molecule has 0 aromatic carbocycles. The summed E-state index contributed by atoms with van der Waals surface area (Å²) in [6.45, 7) is 5.34. The summed E-state index contributed by atoms with van der Waals surface area (Å²) in [7, 11) is 0. The van der Waals surface area contributed by atoms with E-state index >= 15 is 0 Å². The zero-order valence-electron chi connectivity index (χ0n) is 15.8. The standard InChI is InChI=1S/C20H36O5/c1-2-3-4-6-12-23-14-11-16-17(19-10-9-18(16)25-19)15-24-13-7-5-8-20(21)22/h16-19H,2-15H2,1H3,(H,21,22)/t16-,17+,18-,19+/m1/s1. The third-order valence-corrected chi connectivity index (χ3v) is 5.57. The Kier molecular flexibility index (Phi) is 9.81. The van der Waals surface area contributed by atoms with Crippen molar-refractivity contribution in [1.82, 2.24) is 0 Å². The van der Waals surface area contributed by atoms with Crippen molar-refractivity contribution in [2.75, 3.05) is 26.4 Å². The molecule has 4 atom stereocenters. The van der Waals surface area contributed by atoms with Crippen LogP contribution in [0.15, 0.2) is 0 Å². The largest absolute Gasteiger partial charge is 0.481 e. The van der Waals surface area contributed by atoms with Gasteiger partial charge in [-0.1, -0.05) is 26.2 Å². The molecule has 2 heterocycles. The first-order valence-electron chi connectivity index (χ1n) is 10.2. The highest BCUT2D eigenvalue weighted by molar-refractivity contribution is 5.66. The van der Waals surface area contributed by atoms with E-state index in [9.17, 15) is 4.79 Å². The maximum absolute atomic E-state index is 10.5. The summed E-state index contributed by atoms with van der Waals surface area (Å²) in [5, 5.41) is 8.64. The monoisotopic (exact) mass is 356 g/mol. The van der Waals surface area contributed by atoms with Crippen LogP contribution in [0.2, 0.25) is 0 Å². The number of carboxylic acid groups (broad SMARTS) is 1. The van der Waals surface area contributed by atoms with Gasteiger partial charge in [-0.3, -0.25) is 4.79 Å². The second kappa shape index (κ2) is 11.9. The van der Waals surface area contributed by atoms with Crippen LogP contribution in [0.4, 0.5) is 0 Å². The third-order valence-electron chi connectivity index (χ3n) is 5.57. The van der Waals surface area contributed by atoms with Gasteiger partial charge in [0.2, 0.25) is 0 Å². The minimum Gasteiger partial charge on any atom is -0.481 e. The van der Waals surface area contributed by atoms with Crippen molar-refractivity contribution in [3.05, 3.63) is 0 Å². The van der Waals surface area contributed by atoms with Crippen molar-refractivity contribution in [2.24, 2.45) is 11.8 Å². The van der Waals surface area contributed by atoms with E-state index in [1.165, 1.54) is 32.1 Å². The van der Waals surface area contributed by atoms with Crippen LogP contribution >= 0.6 is 0 Å². The average molecular weight is 357 g/mol. The highest BCUT2D eigenvalue weighted by Crippen LogP contribution is 2.45. The summed E-state index contributed by atoms with van der Waals surface area (Å²) < 4.78 is 17.8. The minimum atomic E-state index is -0.726. The Morgan fingerprint density at radius 1 is 0.960 bits per heavy atom. The Morgan fingerprint density at radius 2 is 1.68 bits per heavy atom. The van der Waals surface area contributed by atoms with E-state index in [-0.39, 0.29) is 6.42 Å². The zero-order valence-corrected chi connectivity index (χ0v) is 15.8. The molecular weight excluding hydrogens is 320 g/mol. The molecule has 0 aromatic heterocycles.